The summed E-state index contributed by atoms with van der Waals surface area (Å²) in [6.07, 6.45) is 0.239. The second-order valence-corrected chi connectivity index (χ2v) is 5.73. The molecule has 25 heavy (non-hydrogen) atoms. The standard InChI is InChI=1S/C22H18O3/c1-25-20-12-6-10-18(15-20)21(23)14-16-7-5-11-19(13-16)22(24)17-8-3-2-4-9-17/h2-13,15H,14H2,1H3. The van der Waals surface area contributed by atoms with Crippen LogP contribution in [0, 0.1) is 0 Å². The van der Waals surface area contributed by atoms with Crippen molar-refractivity contribution in [2.24, 2.45) is 0 Å². The monoisotopic (exact) mass is 330 g/mol. The smallest absolute Gasteiger partial charge is 0.193 e. The van der Waals surface area contributed by atoms with E-state index in [0.29, 0.717) is 22.4 Å². The Morgan fingerprint density at radius 2 is 1.44 bits per heavy atom. The summed E-state index contributed by atoms with van der Waals surface area (Å²) in [7, 11) is 1.57. The minimum atomic E-state index is -0.0451. The van der Waals surface area contributed by atoms with Gasteiger partial charge in [-0.15, -0.1) is 0 Å². The van der Waals surface area contributed by atoms with Crippen LogP contribution in [0.25, 0.3) is 0 Å². The minimum Gasteiger partial charge on any atom is -0.497 e. The number of ether oxygens (including phenoxy) is 1. The molecule has 3 aromatic rings. The Hall–Kier alpha value is -3.20. The molecule has 124 valence electrons. The molecule has 3 rings (SSSR count). The maximum Gasteiger partial charge on any atom is 0.193 e. The molecular formula is C22H18O3. The van der Waals surface area contributed by atoms with Crippen molar-refractivity contribution in [3.05, 3.63) is 101 Å². The molecule has 3 aromatic carbocycles. The van der Waals surface area contributed by atoms with Crippen LogP contribution in [-0.4, -0.2) is 18.7 Å². The van der Waals surface area contributed by atoms with Crippen LogP contribution in [-0.2, 0) is 6.42 Å². The third kappa shape index (κ3) is 4.01. The topological polar surface area (TPSA) is 43.4 Å². The molecule has 0 atom stereocenters. The molecule has 0 radical (unpaired) electrons. The predicted octanol–water partition coefficient (Wildman–Crippen LogP) is 4.35. The van der Waals surface area contributed by atoms with Crippen LogP contribution in [0.2, 0.25) is 0 Å². The molecule has 0 fully saturated rings. The third-order valence-corrected chi connectivity index (χ3v) is 3.98. The molecule has 0 aromatic heterocycles. The molecule has 3 heteroatoms. The van der Waals surface area contributed by atoms with Crippen molar-refractivity contribution in [2.45, 2.75) is 6.42 Å². The number of hydrogen-bond donors (Lipinski definition) is 0. The molecule has 0 saturated carbocycles. The Morgan fingerprint density at radius 1 is 0.760 bits per heavy atom. The molecule has 0 aliphatic rings. The van der Waals surface area contributed by atoms with Crippen LogP contribution in [0.15, 0.2) is 78.9 Å². The molecule has 0 bridgehead atoms. The zero-order valence-corrected chi connectivity index (χ0v) is 13.9. The largest absolute Gasteiger partial charge is 0.497 e. The number of benzene rings is 3. The summed E-state index contributed by atoms with van der Waals surface area (Å²) in [6.45, 7) is 0. The highest BCUT2D eigenvalue weighted by molar-refractivity contribution is 6.09. The first-order chi connectivity index (χ1) is 12.2. The summed E-state index contributed by atoms with van der Waals surface area (Å²) >= 11 is 0. The van der Waals surface area contributed by atoms with E-state index >= 15 is 0 Å². The van der Waals surface area contributed by atoms with E-state index in [4.69, 9.17) is 4.74 Å². The molecule has 0 aliphatic carbocycles. The first-order valence-electron chi connectivity index (χ1n) is 8.03. The van der Waals surface area contributed by atoms with Crippen molar-refractivity contribution in [3.63, 3.8) is 0 Å². The fourth-order valence-electron chi connectivity index (χ4n) is 2.66. The van der Waals surface area contributed by atoms with Gasteiger partial charge >= 0.3 is 0 Å². The molecular weight excluding hydrogens is 312 g/mol. The summed E-state index contributed by atoms with van der Waals surface area (Å²) < 4.78 is 5.16. The first-order valence-corrected chi connectivity index (χ1v) is 8.03. The van der Waals surface area contributed by atoms with Crippen LogP contribution in [0.1, 0.15) is 31.8 Å². The lowest BCUT2D eigenvalue weighted by molar-refractivity contribution is 0.0990. The van der Waals surface area contributed by atoms with Gasteiger partial charge in [0, 0.05) is 23.1 Å². The fourth-order valence-corrected chi connectivity index (χ4v) is 2.66. The van der Waals surface area contributed by atoms with E-state index < -0.39 is 0 Å². The molecule has 0 aliphatic heterocycles. The van der Waals surface area contributed by atoms with E-state index in [2.05, 4.69) is 0 Å². The van der Waals surface area contributed by atoms with Crippen molar-refractivity contribution in [3.8, 4) is 5.75 Å². The summed E-state index contributed by atoms with van der Waals surface area (Å²) in [5.41, 5.74) is 2.63. The van der Waals surface area contributed by atoms with Crippen LogP contribution in [0.5, 0.6) is 5.75 Å². The van der Waals surface area contributed by atoms with Crippen molar-refractivity contribution < 1.29 is 14.3 Å². The fraction of sp³-hybridized carbons (Fsp3) is 0.0909. The first kappa shape index (κ1) is 16.7. The van der Waals surface area contributed by atoms with Gasteiger partial charge in [-0.1, -0.05) is 60.7 Å². The maximum absolute atomic E-state index is 12.5. The zero-order valence-electron chi connectivity index (χ0n) is 13.9. The molecule has 0 heterocycles. The van der Waals surface area contributed by atoms with Gasteiger partial charge in [-0.05, 0) is 23.8 Å². The molecule has 0 N–H and O–H groups in total. The lowest BCUT2D eigenvalue weighted by Crippen LogP contribution is -2.06. The number of rotatable bonds is 6. The summed E-state index contributed by atoms with van der Waals surface area (Å²) in [6, 6.07) is 23.4. The number of hydrogen-bond acceptors (Lipinski definition) is 3. The van der Waals surface area contributed by atoms with E-state index in [1.165, 1.54) is 0 Å². The van der Waals surface area contributed by atoms with Crippen molar-refractivity contribution in [1.82, 2.24) is 0 Å². The van der Waals surface area contributed by atoms with E-state index in [9.17, 15) is 9.59 Å². The van der Waals surface area contributed by atoms with Gasteiger partial charge in [0.25, 0.3) is 0 Å². The van der Waals surface area contributed by atoms with Gasteiger partial charge in [-0.25, -0.2) is 0 Å². The lowest BCUT2D eigenvalue weighted by Gasteiger charge is -2.06. The van der Waals surface area contributed by atoms with Gasteiger partial charge in [-0.2, -0.15) is 0 Å². The quantitative estimate of drug-likeness (QED) is 0.631. The zero-order chi connectivity index (χ0) is 17.6. The highest BCUT2D eigenvalue weighted by Gasteiger charge is 2.12. The highest BCUT2D eigenvalue weighted by Crippen LogP contribution is 2.17. The molecule has 3 nitrogen and oxygen atoms in total. The number of Topliss-reactive ketones (excluding diaryl/α,β-unsaturated/α-hetero) is 1. The average Bonchev–Trinajstić information content (AvgIpc) is 2.68. The Labute approximate surface area is 146 Å². The SMILES string of the molecule is COc1cccc(C(=O)Cc2cccc(C(=O)c3ccccc3)c2)c1. The van der Waals surface area contributed by atoms with E-state index in [1.54, 1.807) is 55.6 Å². The van der Waals surface area contributed by atoms with Crippen LogP contribution >= 0.6 is 0 Å². The van der Waals surface area contributed by atoms with Crippen molar-refractivity contribution in [2.75, 3.05) is 7.11 Å². The van der Waals surface area contributed by atoms with Gasteiger partial charge in [0.1, 0.15) is 5.75 Å². The van der Waals surface area contributed by atoms with E-state index in [-0.39, 0.29) is 18.0 Å². The maximum atomic E-state index is 12.5. The Bertz CT molecular complexity index is 898. The number of ketones is 2. The molecule has 0 unspecified atom stereocenters. The van der Waals surface area contributed by atoms with Gasteiger partial charge in [0.15, 0.2) is 11.6 Å². The summed E-state index contributed by atoms with van der Waals surface area (Å²) in [4.78, 5) is 25.0. The lowest BCUT2D eigenvalue weighted by atomic mass is 9.98. The number of carbonyl (C=O) groups is 2. The van der Waals surface area contributed by atoms with Crippen LogP contribution in [0.4, 0.5) is 0 Å². The van der Waals surface area contributed by atoms with Gasteiger partial charge in [0.2, 0.25) is 0 Å². The molecule has 0 amide bonds. The van der Waals surface area contributed by atoms with Crippen molar-refractivity contribution in [1.29, 1.82) is 0 Å². The Morgan fingerprint density at radius 3 is 2.20 bits per heavy atom. The Balaban J connectivity index is 1.80. The second kappa shape index (κ2) is 7.58. The normalized spacial score (nSPS) is 10.3. The molecule has 0 saturated heterocycles. The molecule has 0 spiro atoms. The average molecular weight is 330 g/mol. The summed E-state index contributed by atoms with van der Waals surface area (Å²) in [5.74, 6) is 0.596. The van der Waals surface area contributed by atoms with E-state index in [0.717, 1.165) is 5.56 Å². The summed E-state index contributed by atoms with van der Waals surface area (Å²) in [5, 5.41) is 0. The van der Waals surface area contributed by atoms with Gasteiger partial charge < -0.3 is 4.74 Å². The number of carbonyl (C=O) groups excluding carboxylic acids is 2. The highest BCUT2D eigenvalue weighted by atomic mass is 16.5. The van der Waals surface area contributed by atoms with Gasteiger partial charge in [0.05, 0.1) is 7.11 Å². The number of methoxy groups -OCH3 is 1. The predicted molar refractivity (Wildman–Crippen MR) is 97.3 cm³/mol. The minimum absolute atomic E-state index is 0.0109. The van der Waals surface area contributed by atoms with Crippen molar-refractivity contribution >= 4 is 11.6 Å². The van der Waals surface area contributed by atoms with Crippen LogP contribution < -0.4 is 4.74 Å². The van der Waals surface area contributed by atoms with E-state index in [1.807, 2.05) is 30.3 Å². The van der Waals surface area contributed by atoms with Crippen LogP contribution in [0.3, 0.4) is 0 Å². The van der Waals surface area contributed by atoms with Gasteiger partial charge in [-0.3, -0.25) is 9.59 Å². The third-order valence-electron chi connectivity index (χ3n) is 3.98. The second-order valence-electron chi connectivity index (χ2n) is 5.73. The Kier molecular flexibility index (Phi) is 5.05.